The molecule has 2 N–H and O–H groups in total. The van der Waals surface area contributed by atoms with Crippen LogP contribution in [-0.2, 0) is 20.0 Å². The minimum Gasteiger partial charge on any atom is -0.327 e. The molecule has 104 valence electrons. The summed E-state index contributed by atoms with van der Waals surface area (Å²) in [7, 11) is 1.93. The van der Waals surface area contributed by atoms with Crippen molar-refractivity contribution in [2.75, 3.05) is 0 Å². The van der Waals surface area contributed by atoms with E-state index in [4.69, 9.17) is 5.73 Å². The first-order valence-electron chi connectivity index (χ1n) is 6.77. The Hall–Kier alpha value is -1.62. The quantitative estimate of drug-likeness (QED) is 0.888. The van der Waals surface area contributed by atoms with Crippen LogP contribution < -0.4 is 5.73 Å². The Morgan fingerprint density at radius 2 is 2.11 bits per heavy atom. The lowest BCUT2D eigenvalue weighted by Crippen LogP contribution is -2.22. The summed E-state index contributed by atoms with van der Waals surface area (Å²) in [6.45, 7) is 7.07. The lowest BCUT2D eigenvalue weighted by Gasteiger charge is -2.09. The number of aromatic nitrogens is 4. The third kappa shape index (κ3) is 3.04. The molecular formula is C14H23N5. The molecule has 0 aliphatic carbocycles. The summed E-state index contributed by atoms with van der Waals surface area (Å²) in [4.78, 5) is 0. The van der Waals surface area contributed by atoms with Crippen LogP contribution in [0.2, 0.25) is 0 Å². The molecule has 2 aromatic rings. The van der Waals surface area contributed by atoms with E-state index in [1.165, 1.54) is 16.8 Å². The monoisotopic (exact) mass is 261 g/mol. The smallest absolute Gasteiger partial charge is 0.0693 e. The molecule has 0 saturated carbocycles. The van der Waals surface area contributed by atoms with E-state index in [1.807, 2.05) is 28.8 Å². The van der Waals surface area contributed by atoms with Gasteiger partial charge < -0.3 is 5.73 Å². The highest BCUT2D eigenvalue weighted by Gasteiger charge is 2.14. The summed E-state index contributed by atoms with van der Waals surface area (Å²) in [6.07, 6.45) is 5.80. The van der Waals surface area contributed by atoms with Crippen molar-refractivity contribution in [3.63, 3.8) is 0 Å². The fourth-order valence-electron chi connectivity index (χ4n) is 2.32. The minimum absolute atomic E-state index is 0.216. The molecule has 19 heavy (non-hydrogen) atoms. The van der Waals surface area contributed by atoms with Gasteiger partial charge in [0.05, 0.1) is 18.4 Å². The molecule has 0 aliphatic heterocycles. The number of rotatable bonds is 5. The van der Waals surface area contributed by atoms with E-state index in [0.717, 1.165) is 25.1 Å². The van der Waals surface area contributed by atoms with Crippen molar-refractivity contribution in [1.82, 2.24) is 19.6 Å². The van der Waals surface area contributed by atoms with Crippen LogP contribution in [0.5, 0.6) is 0 Å². The van der Waals surface area contributed by atoms with Gasteiger partial charge in [0, 0.05) is 30.5 Å². The van der Waals surface area contributed by atoms with Gasteiger partial charge in [-0.15, -0.1) is 0 Å². The van der Waals surface area contributed by atoms with E-state index in [2.05, 4.69) is 31.0 Å². The second-order valence-corrected chi connectivity index (χ2v) is 5.20. The SMILES string of the molecule is CCC(N)Cc1c(C)nn(Cc2cnn(C)c2)c1C. The van der Waals surface area contributed by atoms with Crippen molar-refractivity contribution >= 4 is 0 Å². The van der Waals surface area contributed by atoms with E-state index < -0.39 is 0 Å². The summed E-state index contributed by atoms with van der Waals surface area (Å²) >= 11 is 0. The van der Waals surface area contributed by atoms with Gasteiger partial charge in [-0.1, -0.05) is 6.92 Å². The van der Waals surface area contributed by atoms with E-state index in [0.29, 0.717) is 0 Å². The lowest BCUT2D eigenvalue weighted by molar-refractivity contribution is 0.635. The highest BCUT2D eigenvalue weighted by Crippen LogP contribution is 2.16. The average molecular weight is 261 g/mol. The maximum Gasteiger partial charge on any atom is 0.0693 e. The first-order valence-corrected chi connectivity index (χ1v) is 6.77. The standard InChI is InChI=1S/C14H23N5/c1-5-13(15)6-14-10(2)17-19(11(14)3)9-12-7-16-18(4)8-12/h7-8,13H,5-6,9,15H2,1-4H3. The first kappa shape index (κ1) is 13.8. The second-order valence-electron chi connectivity index (χ2n) is 5.20. The third-order valence-electron chi connectivity index (χ3n) is 3.61. The molecule has 0 amide bonds. The van der Waals surface area contributed by atoms with Crippen LogP contribution in [-0.4, -0.2) is 25.6 Å². The van der Waals surface area contributed by atoms with Gasteiger partial charge in [0.1, 0.15) is 0 Å². The van der Waals surface area contributed by atoms with Gasteiger partial charge in [-0.3, -0.25) is 9.36 Å². The third-order valence-corrected chi connectivity index (χ3v) is 3.61. The molecule has 5 heteroatoms. The normalized spacial score (nSPS) is 12.9. The molecular weight excluding hydrogens is 238 g/mol. The number of hydrogen-bond donors (Lipinski definition) is 1. The molecule has 2 rings (SSSR count). The van der Waals surface area contributed by atoms with E-state index in [9.17, 15) is 0 Å². The molecule has 0 aliphatic rings. The van der Waals surface area contributed by atoms with Gasteiger partial charge >= 0.3 is 0 Å². The van der Waals surface area contributed by atoms with Crippen LogP contribution in [0.1, 0.15) is 35.9 Å². The number of nitrogens with two attached hydrogens (primary N) is 1. The zero-order valence-electron chi connectivity index (χ0n) is 12.2. The predicted octanol–water partition coefficient (Wildman–Crippen LogP) is 1.56. The fraction of sp³-hybridized carbons (Fsp3) is 0.571. The van der Waals surface area contributed by atoms with Crippen LogP contribution in [0.3, 0.4) is 0 Å². The Labute approximate surface area is 114 Å². The van der Waals surface area contributed by atoms with Crippen LogP contribution in [0.25, 0.3) is 0 Å². The Morgan fingerprint density at radius 1 is 1.37 bits per heavy atom. The molecule has 1 atom stereocenters. The summed E-state index contributed by atoms with van der Waals surface area (Å²) < 4.78 is 3.86. The molecule has 2 heterocycles. The van der Waals surface area contributed by atoms with Crippen molar-refractivity contribution < 1.29 is 0 Å². The maximum absolute atomic E-state index is 6.06. The van der Waals surface area contributed by atoms with Gasteiger partial charge in [0.25, 0.3) is 0 Å². The van der Waals surface area contributed by atoms with Crippen molar-refractivity contribution in [2.45, 2.75) is 46.2 Å². The van der Waals surface area contributed by atoms with Gasteiger partial charge in [-0.05, 0) is 32.3 Å². The van der Waals surface area contributed by atoms with Crippen LogP contribution in [0.15, 0.2) is 12.4 Å². The zero-order chi connectivity index (χ0) is 14.0. The number of hydrogen-bond acceptors (Lipinski definition) is 3. The molecule has 2 aromatic heterocycles. The Morgan fingerprint density at radius 3 is 2.68 bits per heavy atom. The molecule has 0 spiro atoms. The molecule has 0 bridgehead atoms. The van der Waals surface area contributed by atoms with Crippen LogP contribution in [0, 0.1) is 13.8 Å². The fourth-order valence-corrected chi connectivity index (χ4v) is 2.32. The Balaban J connectivity index is 2.20. The Bertz CT molecular complexity index is 552. The van der Waals surface area contributed by atoms with E-state index in [-0.39, 0.29) is 6.04 Å². The van der Waals surface area contributed by atoms with E-state index >= 15 is 0 Å². The summed E-state index contributed by atoms with van der Waals surface area (Å²) in [6, 6.07) is 0.216. The lowest BCUT2D eigenvalue weighted by atomic mass is 10.0. The number of aryl methyl sites for hydroxylation is 2. The first-order chi connectivity index (χ1) is 9.01. The second kappa shape index (κ2) is 5.57. The topological polar surface area (TPSA) is 61.7 Å². The van der Waals surface area contributed by atoms with Crippen molar-refractivity contribution in [1.29, 1.82) is 0 Å². The van der Waals surface area contributed by atoms with Crippen LogP contribution in [0.4, 0.5) is 0 Å². The van der Waals surface area contributed by atoms with Gasteiger partial charge in [-0.2, -0.15) is 10.2 Å². The van der Waals surface area contributed by atoms with Crippen molar-refractivity contribution in [3.8, 4) is 0 Å². The maximum atomic E-state index is 6.06. The molecule has 1 unspecified atom stereocenters. The average Bonchev–Trinajstić information content (AvgIpc) is 2.88. The summed E-state index contributed by atoms with van der Waals surface area (Å²) in [5.41, 5.74) is 10.8. The number of nitrogens with zero attached hydrogens (tertiary/aromatic N) is 4. The highest BCUT2D eigenvalue weighted by molar-refractivity contribution is 5.26. The molecule has 0 fully saturated rings. The molecule has 0 saturated heterocycles. The van der Waals surface area contributed by atoms with Gasteiger partial charge in [0.2, 0.25) is 0 Å². The summed E-state index contributed by atoms with van der Waals surface area (Å²) in [5, 5.41) is 8.82. The van der Waals surface area contributed by atoms with Gasteiger partial charge in [0.15, 0.2) is 0 Å². The van der Waals surface area contributed by atoms with Gasteiger partial charge in [-0.25, -0.2) is 0 Å². The zero-order valence-corrected chi connectivity index (χ0v) is 12.2. The molecule has 0 aromatic carbocycles. The van der Waals surface area contributed by atoms with E-state index in [1.54, 1.807) is 0 Å². The largest absolute Gasteiger partial charge is 0.327 e. The van der Waals surface area contributed by atoms with Crippen molar-refractivity contribution in [2.24, 2.45) is 12.8 Å². The van der Waals surface area contributed by atoms with Crippen molar-refractivity contribution in [3.05, 3.63) is 34.9 Å². The Kier molecular flexibility index (Phi) is 4.04. The highest BCUT2D eigenvalue weighted by atomic mass is 15.3. The minimum atomic E-state index is 0.216. The molecule has 5 nitrogen and oxygen atoms in total. The molecule has 0 radical (unpaired) electrons. The predicted molar refractivity (Wildman–Crippen MR) is 76.0 cm³/mol. The van der Waals surface area contributed by atoms with Crippen LogP contribution >= 0.6 is 0 Å². The summed E-state index contributed by atoms with van der Waals surface area (Å²) in [5.74, 6) is 0.